The molecule has 0 aromatic heterocycles. The molecule has 0 aliphatic heterocycles. The van der Waals surface area contributed by atoms with Gasteiger partial charge in [-0.2, -0.15) is 0 Å². The Morgan fingerprint density at radius 2 is 2.20 bits per heavy atom. The highest BCUT2D eigenvalue weighted by molar-refractivity contribution is 6.03. The summed E-state index contributed by atoms with van der Waals surface area (Å²) in [5.74, 6) is -0.900. The van der Waals surface area contributed by atoms with Crippen molar-refractivity contribution >= 4 is 11.7 Å². The third-order valence-corrected chi connectivity index (χ3v) is 1.13. The van der Waals surface area contributed by atoms with Gasteiger partial charge in [-0.25, -0.2) is 9.18 Å². The monoisotopic (exact) mass is 147 g/mol. The highest BCUT2D eigenvalue weighted by atomic mass is 19.1. The number of alkyl halides is 1. The fourth-order valence-corrected chi connectivity index (χ4v) is 0.387. The fourth-order valence-electron chi connectivity index (χ4n) is 0.387. The summed E-state index contributed by atoms with van der Waals surface area (Å²) in [5.41, 5.74) is 0.131. The van der Waals surface area contributed by atoms with Gasteiger partial charge in [0.2, 0.25) is 6.17 Å². The first-order valence-corrected chi connectivity index (χ1v) is 2.78. The van der Waals surface area contributed by atoms with E-state index in [1.807, 2.05) is 0 Å². The molecule has 0 amide bonds. The number of methoxy groups -OCH3 is 1. The molecule has 0 saturated heterocycles. The zero-order valence-electron chi connectivity index (χ0n) is 6.22. The van der Waals surface area contributed by atoms with Crippen LogP contribution in [0.4, 0.5) is 4.39 Å². The molecule has 10 heavy (non-hydrogen) atoms. The van der Waals surface area contributed by atoms with Gasteiger partial charge >= 0.3 is 5.97 Å². The van der Waals surface area contributed by atoms with E-state index >= 15 is 0 Å². The Kier molecular flexibility index (Phi) is 3.61. The lowest BCUT2D eigenvalue weighted by Gasteiger charge is -2.02. The standard InChI is InChI=1S/C6H10FNO2/c1-4(8-2)5(7)6(9)10-3/h5H,1-3H3. The summed E-state index contributed by atoms with van der Waals surface area (Å²) in [6, 6.07) is 0. The summed E-state index contributed by atoms with van der Waals surface area (Å²) >= 11 is 0. The first-order chi connectivity index (χ1) is 4.63. The smallest absolute Gasteiger partial charge is 0.346 e. The van der Waals surface area contributed by atoms with E-state index in [0.717, 1.165) is 7.11 Å². The molecule has 0 aromatic rings. The topological polar surface area (TPSA) is 38.7 Å². The van der Waals surface area contributed by atoms with Crippen molar-refractivity contribution in [2.45, 2.75) is 13.1 Å². The molecule has 3 nitrogen and oxygen atoms in total. The number of halogens is 1. The second kappa shape index (κ2) is 3.98. The van der Waals surface area contributed by atoms with E-state index in [1.165, 1.54) is 14.0 Å². The Labute approximate surface area is 58.9 Å². The van der Waals surface area contributed by atoms with Crippen molar-refractivity contribution < 1.29 is 13.9 Å². The molecule has 58 valence electrons. The van der Waals surface area contributed by atoms with Gasteiger partial charge in [-0.05, 0) is 6.92 Å². The predicted octanol–water partition coefficient (Wildman–Crippen LogP) is 0.588. The van der Waals surface area contributed by atoms with Crippen molar-refractivity contribution in [2.75, 3.05) is 14.2 Å². The average molecular weight is 147 g/mol. The van der Waals surface area contributed by atoms with Crippen LogP contribution in [-0.2, 0) is 9.53 Å². The largest absolute Gasteiger partial charge is 0.467 e. The molecule has 0 radical (unpaired) electrons. The lowest BCUT2D eigenvalue weighted by atomic mass is 10.3. The van der Waals surface area contributed by atoms with Crippen molar-refractivity contribution in [1.82, 2.24) is 0 Å². The number of nitrogens with zero attached hydrogens (tertiary/aromatic N) is 1. The minimum absolute atomic E-state index is 0.131. The Morgan fingerprint density at radius 3 is 2.50 bits per heavy atom. The molecule has 0 aromatic carbocycles. The molecule has 4 heteroatoms. The predicted molar refractivity (Wildman–Crippen MR) is 35.9 cm³/mol. The maximum absolute atomic E-state index is 12.6. The van der Waals surface area contributed by atoms with Crippen LogP contribution in [0.3, 0.4) is 0 Å². The number of hydrogen-bond donors (Lipinski definition) is 0. The molecule has 0 rings (SSSR count). The SMILES string of the molecule is CN=C(C)C(F)C(=O)OC. The van der Waals surface area contributed by atoms with Gasteiger partial charge in [0.15, 0.2) is 0 Å². The van der Waals surface area contributed by atoms with E-state index in [-0.39, 0.29) is 5.71 Å². The summed E-state index contributed by atoms with van der Waals surface area (Å²) in [6.45, 7) is 1.43. The van der Waals surface area contributed by atoms with Crippen molar-refractivity contribution in [3.63, 3.8) is 0 Å². The van der Waals surface area contributed by atoms with Gasteiger partial charge in [-0.1, -0.05) is 0 Å². The number of carbonyl (C=O) groups excluding carboxylic acids is 1. The molecule has 1 atom stereocenters. The van der Waals surface area contributed by atoms with Crippen LogP contribution < -0.4 is 0 Å². The third kappa shape index (κ3) is 2.13. The molecular formula is C6H10FNO2. The second-order valence-electron chi connectivity index (χ2n) is 1.75. The van der Waals surface area contributed by atoms with Gasteiger partial charge in [-0.3, -0.25) is 4.99 Å². The van der Waals surface area contributed by atoms with Crippen LogP contribution in [0.5, 0.6) is 0 Å². The molecule has 0 aliphatic carbocycles. The Morgan fingerprint density at radius 1 is 1.70 bits per heavy atom. The van der Waals surface area contributed by atoms with Crippen LogP contribution in [-0.4, -0.2) is 32.0 Å². The highest BCUT2D eigenvalue weighted by Gasteiger charge is 2.19. The van der Waals surface area contributed by atoms with Gasteiger partial charge in [0.1, 0.15) is 0 Å². The van der Waals surface area contributed by atoms with E-state index in [0.29, 0.717) is 0 Å². The summed E-state index contributed by atoms with van der Waals surface area (Å²) in [6.07, 6.45) is -1.71. The molecular weight excluding hydrogens is 137 g/mol. The van der Waals surface area contributed by atoms with Crippen LogP contribution in [0.1, 0.15) is 6.92 Å². The minimum atomic E-state index is -1.71. The molecule has 0 heterocycles. The quantitative estimate of drug-likeness (QED) is 0.423. The van der Waals surface area contributed by atoms with E-state index in [9.17, 15) is 9.18 Å². The summed E-state index contributed by atoms with van der Waals surface area (Å²) in [4.78, 5) is 13.9. The minimum Gasteiger partial charge on any atom is -0.467 e. The third-order valence-electron chi connectivity index (χ3n) is 1.13. The second-order valence-corrected chi connectivity index (χ2v) is 1.75. The first kappa shape index (κ1) is 9.07. The molecule has 0 saturated carbocycles. The molecule has 0 fully saturated rings. The van der Waals surface area contributed by atoms with Gasteiger partial charge in [0.05, 0.1) is 12.8 Å². The van der Waals surface area contributed by atoms with E-state index in [1.54, 1.807) is 0 Å². The van der Waals surface area contributed by atoms with E-state index < -0.39 is 12.1 Å². The summed E-state index contributed by atoms with van der Waals surface area (Å²) < 4.78 is 16.7. The van der Waals surface area contributed by atoms with Crippen molar-refractivity contribution in [2.24, 2.45) is 4.99 Å². The number of ether oxygens (including phenoxy) is 1. The Hall–Kier alpha value is -0.930. The van der Waals surface area contributed by atoms with Crippen molar-refractivity contribution in [3.8, 4) is 0 Å². The molecule has 0 spiro atoms. The summed E-state index contributed by atoms with van der Waals surface area (Å²) in [7, 11) is 2.56. The summed E-state index contributed by atoms with van der Waals surface area (Å²) in [5, 5.41) is 0. The zero-order valence-corrected chi connectivity index (χ0v) is 6.22. The maximum atomic E-state index is 12.6. The number of aliphatic imine (C=N–C) groups is 1. The lowest BCUT2D eigenvalue weighted by molar-refractivity contribution is -0.143. The maximum Gasteiger partial charge on any atom is 0.346 e. The van der Waals surface area contributed by atoms with Gasteiger partial charge in [0, 0.05) is 7.05 Å². The Balaban J connectivity index is 4.08. The van der Waals surface area contributed by atoms with E-state index in [2.05, 4.69) is 9.73 Å². The fraction of sp³-hybridized carbons (Fsp3) is 0.667. The number of esters is 1. The molecule has 1 unspecified atom stereocenters. The number of hydrogen-bond acceptors (Lipinski definition) is 3. The normalized spacial score (nSPS) is 14.6. The molecule has 0 aliphatic rings. The lowest BCUT2D eigenvalue weighted by Crippen LogP contribution is -2.24. The van der Waals surface area contributed by atoms with Crippen LogP contribution >= 0.6 is 0 Å². The van der Waals surface area contributed by atoms with Gasteiger partial charge in [-0.15, -0.1) is 0 Å². The zero-order chi connectivity index (χ0) is 8.15. The van der Waals surface area contributed by atoms with Crippen LogP contribution in [0.15, 0.2) is 4.99 Å². The van der Waals surface area contributed by atoms with Crippen molar-refractivity contribution in [1.29, 1.82) is 0 Å². The highest BCUT2D eigenvalue weighted by Crippen LogP contribution is 1.96. The first-order valence-electron chi connectivity index (χ1n) is 2.78. The van der Waals surface area contributed by atoms with Crippen LogP contribution in [0.25, 0.3) is 0 Å². The van der Waals surface area contributed by atoms with Gasteiger partial charge < -0.3 is 4.74 Å². The van der Waals surface area contributed by atoms with Crippen LogP contribution in [0, 0.1) is 0 Å². The van der Waals surface area contributed by atoms with E-state index in [4.69, 9.17) is 0 Å². The molecule has 0 bridgehead atoms. The van der Waals surface area contributed by atoms with Gasteiger partial charge in [0.25, 0.3) is 0 Å². The molecule has 0 N–H and O–H groups in total. The number of carbonyl (C=O) groups is 1. The van der Waals surface area contributed by atoms with Crippen LogP contribution in [0.2, 0.25) is 0 Å². The van der Waals surface area contributed by atoms with Crippen molar-refractivity contribution in [3.05, 3.63) is 0 Å². The average Bonchev–Trinajstić information content (AvgIpc) is 2.00. The number of rotatable bonds is 2. The Bertz CT molecular complexity index is 156.